The quantitative estimate of drug-likeness (QED) is 0.865. The van der Waals surface area contributed by atoms with Crippen LogP contribution in [0.25, 0.3) is 0 Å². The predicted octanol–water partition coefficient (Wildman–Crippen LogP) is 3.48. The maximum Gasteiger partial charge on any atom is 0.416 e. The molecule has 0 saturated heterocycles. The summed E-state index contributed by atoms with van der Waals surface area (Å²) in [5.41, 5.74) is -0.594. The highest BCUT2D eigenvalue weighted by Gasteiger charge is 2.30. The first kappa shape index (κ1) is 14.5. The lowest BCUT2D eigenvalue weighted by Gasteiger charge is -2.18. The molecule has 0 unspecified atom stereocenters. The minimum atomic E-state index is -4.37. The van der Waals surface area contributed by atoms with Crippen molar-refractivity contribution in [3.8, 4) is 0 Å². The largest absolute Gasteiger partial charge is 0.416 e. The van der Waals surface area contributed by atoms with Crippen molar-refractivity contribution >= 4 is 5.91 Å². The molecule has 0 aliphatic rings. The number of nitrogens with one attached hydrogen (secondary N) is 1. The Balaban J connectivity index is 2.71. The van der Waals surface area contributed by atoms with Gasteiger partial charge in [0, 0.05) is 12.1 Å². The highest BCUT2D eigenvalue weighted by atomic mass is 19.4. The van der Waals surface area contributed by atoms with E-state index in [-0.39, 0.29) is 16.9 Å². The van der Waals surface area contributed by atoms with E-state index in [9.17, 15) is 18.0 Å². The van der Waals surface area contributed by atoms with Crippen LogP contribution < -0.4 is 5.32 Å². The number of carbonyl (C=O) groups excluding carboxylic acids is 1. The lowest BCUT2D eigenvalue weighted by molar-refractivity contribution is -0.137. The number of halogens is 3. The number of hydrogen-bond donors (Lipinski definition) is 1. The van der Waals surface area contributed by atoms with Gasteiger partial charge in [-0.15, -0.1) is 0 Å². The first-order valence-electron chi connectivity index (χ1n) is 5.55. The number of hydrogen-bond acceptors (Lipinski definition) is 1. The molecule has 0 radical (unpaired) electrons. The average molecular weight is 259 g/mol. The third kappa shape index (κ3) is 4.39. The minimum Gasteiger partial charge on any atom is -0.352 e. The van der Waals surface area contributed by atoms with Gasteiger partial charge in [-0.1, -0.05) is 20.8 Å². The zero-order valence-corrected chi connectivity index (χ0v) is 10.6. The van der Waals surface area contributed by atoms with Crippen molar-refractivity contribution < 1.29 is 18.0 Å². The van der Waals surface area contributed by atoms with E-state index in [1.165, 1.54) is 12.1 Å². The van der Waals surface area contributed by atoms with E-state index in [1.807, 2.05) is 20.8 Å². The van der Waals surface area contributed by atoms with Crippen LogP contribution in [-0.2, 0) is 6.18 Å². The van der Waals surface area contributed by atoms with Gasteiger partial charge in [0.15, 0.2) is 0 Å². The van der Waals surface area contributed by atoms with Crippen molar-refractivity contribution in [1.82, 2.24) is 5.32 Å². The summed E-state index contributed by atoms with van der Waals surface area (Å²) in [5.74, 6) is -0.362. The zero-order chi connectivity index (χ0) is 14.0. The van der Waals surface area contributed by atoms with Crippen LogP contribution in [0.3, 0.4) is 0 Å². The number of amides is 1. The van der Waals surface area contributed by atoms with Gasteiger partial charge in [-0.3, -0.25) is 4.79 Å². The van der Waals surface area contributed by atoms with Gasteiger partial charge in [-0.2, -0.15) is 13.2 Å². The van der Waals surface area contributed by atoms with Gasteiger partial charge >= 0.3 is 6.18 Å². The first-order chi connectivity index (χ1) is 8.09. The van der Waals surface area contributed by atoms with Gasteiger partial charge in [-0.05, 0) is 29.7 Å². The van der Waals surface area contributed by atoms with Gasteiger partial charge in [0.25, 0.3) is 5.91 Å². The number of alkyl halides is 3. The lowest BCUT2D eigenvalue weighted by Crippen LogP contribution is -2.32. The molecule has 0 spiro atoms. The van der Waals surface area contributed by atoms with E-state index in [2.05, 4.69) is 5.32 Å². The molecule has 1 rings (SSSR count). The molecule has 0 aliphatic carbocycles. The lowest BCUT2D eigenvalue weighted by atomic mass is 9.97. The van der Waals surface area contributed by atoms with Crippen molar-refractivity contribution in [3.63, 3.8) is 0 Å². The van der Waals surface area contributed by atoms with Gasteiger partial charge < -0.3 is 5.32 Å². The average Bonchev–Trinajstić information content (AvgIpc) is 2.24. The van der Waals surface area contributed by atoms with Crippen LogP contribution in [0, 0.1) is 5.41 Å². The van der Waals surface area contributed by atoms with E-state index in [0.717, 1.165) is 12.1 Å². The van der Waals surface area contributed by atoms with Crippen LogP contribution in [0.4, 0.5) is 13.2 Å². The van der Waals surface area contributed by atoms with Crippen molar-refractivity contribution in [2.24, 2.45) is 5.41 Å². The Bertz CT molecular complexity index is 415. The molecule has 1 aromatic rings. The third-order valence-corrected chi connectivity index (χ3v) is 2.25. The monoisotopic (exact) mass is 259 g/mol. The van der Waals surface area contributed by atoms with Gasteiger partial charge in [0.1, 0.15) is 0 Å². The summed E-state index contributed by atoms with van der Waals surface area (Å²) in [6.45, 7) is 6.34. The molecule has 1 N–H and O–H groups in total. The fourth-order valence-electron chi connectivity index (χ4n) is 1.26. The Morgan fingerprint density at radius 2 is 1.61 bits per heavy atom. The van der Waals surface area contributed by atoms with Crippen LogP contribution in [0.15, 0.2) is 24.3 Å². The second-order valence-corrected chi connectivity index (χ2v) is 5.32. The summed E-state index contributed by atoms with van der Waals surface area (Å²) in [6.07, 6.45) is -4.37. The smallest absolute Gasteiger partial charge is 0.352 e. The molecule has 1 aromatic carbocycles. The Labute approximate surface area is 104 Å². The third-order valence-electron chi connectivity index (χ3n) is 2.25. The van der Waals surface area contributed by atoms with Gasteiger partial charge in [-0.25, -0.2) is 0 Å². The minimum absolute atomic E-state index is 0.0679. The van der Waals surface area contributed by atoms with Crippen LogP contribution in [0.5, 0.6) is 0 Å². The molecule has 2 nitrogen and oxygen atoms in total. The zero-order valence-electron chi connectivity index (χ0n) is 10.6. The summed E-state index contributed by atoms with van der Waals surface area (Å²) < 4.78 is 37.0. The van der Waals surface area contributed by atoms with Crippen LogP contribution in [0.2, 0.25) is 0 Å². The van der Waals surface area contributed by atoms with Crippen LogP contribution >= 0.6 is 0 Å². The van der Waals surface area contributed by atoms with Crippen LogP contribution in [-0.4, -0.2) is 12.5 Å². The fourth-order valence-corrected chi connectivity index (χ4v) is 1.26. The van der Waals surface area contributed by atoms with E-state index in [0.29, 0.717) is 6.54 Å². The molecule has 0 heterocycles. The summed E-state index contributed by atoms with van der Waals surface area (Å²) >= 11 is 0. The number of benzene rings is 1. The van der Waals surface area contributed by atoms with Gasteiger partial charge in [0.2, 0.25) is 0 Å². The molecule has 0 aliphatic heterocycles. The summed E-state index contributed by atoms with van der Waals surface area (Å²) in [6, 6.07) is 4.18. The highest BCUT2D eigenvalue weighted by Crippen LogP contribution is 2.29. The second-order valence-electron chi connectivity index (χ2n) is 5.32. The van der Waals surface area contributed by atoms with Gasteiger partial charge in [0.05, 0.1) is 5.56 Å². The fraction of sp³-hybridized carbons (Fsp3) is 0.462. The van der Waals surface area contributed by atoms with Crippen molar-refractivity contribution in [2.45, 2.75) is 26.9 Å². The molecule has 0 atom stereocenters. The Kier molecular flexibility index (Phi) is 4.04. The topological polar surface area (TPSA) is 29.1 Å². The molecule has 18 heavy (non-hydrogen) atoms. The maximum absolute atomic E-state index is 12.3. The molecule has 0 aromatic heterocycles. The highest BCUT2D eigenvalue weighted by molar-refractivity contribution is 5.94. The summed E-state index contributed by atoms with van der Waals surface area (Å²) in [7, 11) is 0. The van der Waals surface area contributed by atoms with E-state index >= 15 is 0 Å². The van der Waals surface area contributed by atoms with Crippen molar-refractivity contribution in [1.29, 1.82) is 0 Å². The molecular formula is C13H16F3NO. The second kappa shape index (κ2) is 5.00. The predicted molar refractivity (Wildman–Crippen MR) is 63.2 cm³/mol. The van der Waals surface area contributed by atoms with E-state index < -0.39 is 11.7 Å². The maximum atomic E-state index is 12.3. The Morgan fingerprint density at radius 1 is 1.11 bits per heavy atom. The Hall–Kier alpha value is -1.52. The first-order valence-corrected chi connectivity index (χ1v) is 5.55. The molecule has 5 heteroatoms. The van der Waals surface area contributed by atoms with E-state index in [1.54, 1.807) is 0 Å². The van der Waals surface area contributed by atoms with E-state index in [4.69, 9.17) is 0 Å². The SMILES string of the molecule is CC(C)(C)CNC(=O)c1ccc(C(F)(F)F)cc1. The van der Waals surface area contributed by atoms with Crippen molar-refractivity contribution in [3.05, 3.63) is 35.4 Å². The Morgan fingerprint density at radius 3 is 2.00 bits per heavy atom. The summed E-state index contributed by atoms with van der Waals surface area (Å²) in [5, 5.41) is 2.68. The normalized spacial score (nSPS) is 12.3. The molecular weight excluding hydrogens is 243 g/mol. The van der Waals surface area contributed by atoms with Crippen molar-refractivity contribution in [2.75, 3.05) is 6.54 Å². The standard InChI is InChI=1S/C13H16F3NO/c1-12(2,3)8-17-11(18)9-4-6-10(7-5-9)13(14,15)16/h4-7H,8H2,1-3H3,(H,17,18). The molecule has 1 amide bonds. The van der Waals surface area contributed by atoms with Crippen LogP contribution in [0.1, 0.15) is 36.7 Å². The number of rotatable bonds is 2. The molecule has 0 bridgehead atoms. The number of carbonyl (C=O) groups is 1. The molecule has 100 valence electrons. The molecule has 0 saturated carbocycles. The summed E-state index contributed by atoms with van der Waals surface area (Å²) in [4.78, 5) is 11.7. The molecule has 0 fully saturated rings.